The van der Waals surface area contributed by atoms with Crippen molar-refractivity contribution in [2.75, 3.05) is 11.1 Å². The SMILES string of the molecule is Cc1ccc(C(=O)NC2CC2)cc1NC(=O)c1ccc(-c2cccc(N)c2)s1. The zero-order valence-electron chi connectivity index (χ0n) is 15.5. The molecule has 1 fully saturated rings. The minimum atomic E-state index is -0.192. The fraction of sp³-hybridized carbons (Fsp3) is 0.182. The maximum absolute atomic E-state index is 12.7. The average Bonchev–Trinajstić information content (AvgIpc) is 3.34. The molecule has 1 aromatic heterocycles. The third-order valence-electron chi connectivity index (χ3n) is 4.66. The van der Waals surface area contributed by atoms with Gasteiger partial charge in [-0.25, -0.2) is 0 Å². The van der Waals surface area contributed by atoms with Crippen molar-refractivity contribution in [1.82, 2.24) is 5.32 Å². The van der Waals surface area contributed by atoms with Crippen molar-refractivity contribution in [1.29, 1.82) is 0 Å². The number of benzene rings is 2. The van der Waals surface area contributed by atoms with Crippen LogP contribution in [0.5, 0.6) is 0 Å². The third-order valence-corrected chi connectivity index (χ3v) is 5.79. The van der Waals surface area contributed by atoms with Crippen LogP contribution in [-0.2, 0) is 0 Å². The molecule has 1 heterocycles. The number of nitrogens with two attached hydrogens (primary N) is 1. The Kier molecular flexibility index (Phi) is 4.88. The van der Waals surface area contributed by atoms with Crippen LogP contribution in [-0.4, -0.2) is 17.9 Å². The lowest BCUT2D eigenvalue weighted by Crippen LogP contribution is -2.25. The smallest absolute Gasteiger partial charge is 0.265 e. The van der Waals surface area contributed by atoms with E-state index in [0.717, 1.165) is 28.8 Å². The zero-order valence-corrected chi connectivity index (χ0v) is 16.3. The molecule has 1 aliphatic carbocycles. The number of nitrogen functional groups attached to an aromatic ring is 1. The van der Waals surface area contributed by atoms with Crippen LogP contribution in [0.4, 0.5) is 11.4 Å². The van der Waals surface area contributed by atoms with Gasteiger partial charge in [-0.05, 0) is 67.3 Å². The molecule has 0 aliphatic heterocycles. The van der Waals surface area contributed by atoms with Gasteiger partial charge in [0.1, 0.15) is 0 Å². The van der Waals surface area contributed by atoms with Gasteiger partial charge in [-0.1, -0.05) is 18.2 Å². The number of amides is 2. The number of anilines is 2. The molecule has 5 nitrogen and oxygen atoms in total. The summed E-state index contributed by atoms with van der Waals surface area (Å²) in [6, 6.07) is 17.0. The zero-order chi connectivity index (χ0) is 19.7. The standard InChI is InChI=1S/C22H21N3O2S/c1-13-5-6-15(21(26)24-17-7-8-17)12-18(13)25-22(27)20-10-9-19(28-20)14-3-2-4-16(23)11-14/h2-6,9-12,17H,7-8,23H2,1H3,(H,24,26)(H,25,27). The normalized spacial score (nSPS) is 13.2. The van der Waals surface area contributed by atoms with Crippen LogP contribution < -0.4 is 16.4 Å². The molecule has 0 radical (unpaired) electrons. The number of carbonyl (C=O) groups is 2. The van der Waals surface area contributed by atoms with Crippen LogP contribution in [0.2, 0.25) is 0 Å². The first-order chi connectivity index (χ1) is 13.5. The van der Waals surface area contributed by atoms with Crippen LogP contribution in [0.15, 0.2) is 54.6 Å². The Bertz CT molecular complexity index is 1050. The summed E-state index contributed by atoms with van der Waals surface area (Å²) in [5.74, 6) is -0.291. The Morgan fingerprint density at radius 3 is 2.61 bits per heavy atom. The van der Waals surface area contributed by atoms with Crippen LogP contribution >= 0.6 is 11.3 Å². The highest BCUT2D eigenvalue weighted by Crippen LogP contribution is 2.30. The van der Waals surface area contributed by atoms with Crippen molar-refractivity contribution in [2.45, 2.75) is 25.8 Å². The molecule has 4 N–H and O–H groups in total. The lowest BCUT2D eigenvalue weighted by molar-refractivity contribution is 0.0949. The molecule has 1 saturated carbocycles. The van der Waals surface area contributed by atoms with Gasteiger partial charge in [0.15, 0.2) is 0 Å². The van der Waals surface area contributed by atoms with Gasteiger partial charge in [-0.3, -0.25) is 9.59 Å². The van der Waals surface area contributed by atoms with Gasteiger partial charge in [0.05, 0.1) is 4.88 Å². The predicted octanol–water partition coefficient (Wildman–Crippen LogP) is 4.45. The topological polar surface area (TPSA) is 84.2 Å². The molecule has 3 aromatic rings. The van der Waals surface area contributed by atoms with Crippen LogP contribution in [0.1, 0.15) is 38.4 Å². The average molecular weight is 391 g/mol. The van der Waals surface area contributed by atoms with Crippen molar-refractivity contribution < 1.29 is 9.59 Å². The quantitative estimate of drug-likeness (QED) is 0.562. The van der Waals surface area contributed by atoms with E-state index in [4.69, 9.17) is 5.73 Å². The van der Waals surface area contributed by atoms with Crippen molar-refractivity contribution in [3.8, 4) is 10.4 Å². The molecule has 0 atom stereocenters. The van der Waals surface area contributed by atoms with Gasteiger partial charge >= 0.3 is 0 Å². The number of aryl methyl sites for hydroxylation is 1. The molecular formula is C22H21N3O2S. The number of rotatable bonds is 5. The molecule has 142 valence electrons. The molecular weight excluding hydrogens is 370 g/mol. The van der Waals surface area contributed by atoms with E-state index in [2.05, 4.69) is 10.6 Å². The summed E-state index contributed by atoms with van der Waals surface area (Å²) in [6.07, 6.45) is 2.07. The van der Waals surface area contributed by atoms with Crippen molar-refractivity contribution in [3.63, 3.8) is 0 Å². The number of carbonyl (C=O) groups excluding carboxylic acids is 2. The van der Waals surface area contributed by atoms with Crippen LogP contribution in [0, 0.1) is 6.92 Å². The van der Waals surface area contributed by atoms with E-state index in [1.807, 2.05) is 43.3 Å². The first-order valence-electron chi connectivity index (χ1n) is 9.18. The van der Waals surface area contributed by atoms with E-state index in [9.17, 15) is 9.59 Å². The highest BCUT2D eigenvalue weighted by Gasteiger charge is 2.24. The summed E-state index contributed by atoms with van der Waals surface area (Å²) in [7, 11) is 0. The fourth-order valence-corrected chi connectivity index (χ4v) is 3.78. The Morgan fingerprint density at radius 2 is 1.86 bits per heavy atom. The maximum Gasteiger partial charge on any atom is 0.265 e. The molecule has 1 aliphatic rings. The summed E-state index contributed by atoms with van der Waals surface area (Å²) in [5, 5.41) is 5.90. The van der Waals surface area contributed by atoms with E-state index in [1.165, 1.54) is 11.3 Å². The summed E-state index contributed by atoms with van der Waals surface area (Å²) >= 11 is 1.41. The molecule has 6 heteroatoms. The van der Waals surface area contributed by atoms with Gasteiger partial charge in [-0.15, -0.1) is 11.3 Å². The Balaban J connectivity index is 1.51. The largest absolute Gasteiger partial charge is 0.399 e. The second-order valence-corrected chi connectivity index (χ2v) is 8.10. The molecule has 0 unspecified atom stereocenters. The van der Waals surface area contributed by atoms with Crippen molar-refractivity contribution in [2.24, 2.45) is 0 Å². The van der Waals surface area contributed by atoms with Gasteiger partial charge in [0.25, 0.3) is 11.8 Å². The second kappa shape index (κ2) is 7.48. The maximum atomic E-state index is 12.7. The highest BCUT2D eigenvalue weighted by atomic mass is 32.1. The van der Waals surface area contributed by atoms with Gasteiger partial charge in [0.2, 0.25) is 0 Å². The van der Waals surface area contributed by atoms with Gasteiger partial charge in [0, 0.05) is 27.9 Å². The Morgan fingerprint density at radius 1 is 1.04 bits per heavy atom. The fourth-order valence-electron chi connectivity index (χ4n) is 2.89. The lowest BCUT2D eigenvalue weighted by atomic mass is 10.1. The number of hydrogen-bond acceptors (Lipinski definition) is 4. The molecule has 0 bridgehead atoms. The number of thiophene rings is 1. The van der Waals surface area contributed by atoms with Gasteiger partial charge in [-0.2, -0.15) is 0 Å². The molecule has 4 rings (SSSR count). The van der Waals surface area contributed by atoms with Crippen molar-refractivity contribution >= 4 is 34.5 Å². The van der Waals surface area contributed by atoms with E-state index < -0.39 is 0 Å². The van der Waals surface area contributed by atoms with E-state index in [1.54, 1.807) is 18.2 Å². The molecule has 0 saturated heterocycles. The number of nitrogens with one attached hydrogen (secondary N) is 2. The molecule has 2 amide bonds. The summed E-state index contributed by atoms with van der Waals surface area (Å²) in [4.78, 5) is 26.6. The third kappa shape index (κ3) is 4.07. The minimum absolute atomic E-state index is 0.0990. The Hall–Kier alpha value is -3.12. The second-order valence-electron chi connectivity index (χ2n) is 7.02. The first kappa shape index (κ1) is 18.3. The predicted molar refractivity (Wildman–Crippen MR) is 114 cm³/mol. The summed E-state index contributed by atoms with van der Waals surface area (Å²) < 4.78 is 0. The van der Waals surface area contributed by atoms with Crippen LogP contribution in [0.25, 0.3) is 10.4 Å². The minimum Gasteiger partial charge on any atom is -0.399 e. The van der Waals surface area contributed by atoms with E-state index in [-0.39, 0.29) is 11.8 Å². The molecule has 2 aromatic carbocycles. The van der Waals surface area contributed by atoms with Crippen molar-refractivity contribution in [3.05, 3.63) is 70.6 Å². The first-order valence-corrected chi connectivity index (χ1v) is 10.00. The lowest BCUT2D eigenvalue weighted by Gasteiger charge is -2.10. The summed E-state index contributed by atoms with van der Waals surface area (Å²) in [5.41, 5.74) is 9.63. The van der Waals surface area contributed by atoms with Crippen LogP contribution in [0.3, 0.4) is 0 Å². The molecule has 0 spiro atoms. The van der Waals surface area contributed by atoms with Gasteiger partial charge < -0.3 is 16.4 Å². The van der Waals surface area contributed by atoms with E-state index in [0.29, 0.717) is 27.9 Å². The summed E-state index contributed by atoms with van der Waals surface area (Å²) in [6.45, 7) is 1.91. The Labute approximate surface area is 167 Å². The monoisotopic (exact) mass is 391 g/mol. The highest BCUT2D eigenvalue weighted by molar-refractivity contribution is 7.17. The van der Waals surface area contributed by atoms with E-state index >= 15 is 0 Å². The molecule has 28 heavy (non-hydrogen) atoms. The number of hydrogen-bond donors (Lipinski definition) is 3.